The van der Waals surface area contributed by atoms with E-state index < -0.39 is 6.10 Å². The lowest BCUT2D eigenvalue weighted by Gasteiger charge is -2.31. The molecule has 1 fully saturated rings. The molecule has 0 saturated heterocycles. The smallest absolute Gasteiger partial charge is 0.0897 e. The normalized spacial score (nSPS) is 24.7. The van der Waals surface area contributed by atoms with Gasteiger partial charge in [0.2, 0.25) is 0 Å². The molecule has 1 saturated carbocycles. The molecule has 1 heterocycles. The van der Waals surface area contributed by atoms with Crippen molar-refractivity contribution >= 4 is 11.3 Å². The zero-order valence-corrected chi connectivity index (χ0v) is 12.6. The summed E-state index contributed by atoms with van der Waals surface area (Å²) in [5.74, 6) is 0.336. The van der Waals surface area contributed by atoms with Crippen molar-refractivity contribution in [1.82, 2.24) is 5.32 Å². The summed E-state index contributed by atoms with van der Waals surface area (Å²) >= 11 is 1.66. The van der Waals surface area contributed by atoms with E-state index in [0.29, 0.717) is 31.7 Å². The second-order valence-corrected chi connectivity index (χ2v) is 6.52. The van der Waals surface area contributed by atoms with Crippen molar-refractivity contribution in [3.8, 4) is 0 Å². The summed E-state index contributed by atoms with van der Waals surface area (Å²) in [4.78, 5) is 1.18. The minimum atomic E-state index is -0.490. The van der Waals surface area contributed by atoms with Crippen molar-refractivity contribution in [2.45, 2.75) is 44.4 Å². The second kappa shape index (κ2) is 8.74. The SMILES string of the molecule is OCC1CCCCC1NCC(O)COCc1cccs1. The third-order valence-electron chi connectivity index (χ3n) is 3.89. The standard InChI is InChI=1S/C15H25NO3S/c17-9-12-4-1-2-6-15(12)16-8-13(18)10-19-11-14-5-3-7-20-14/h3,5,7,12-13,15-18H,1-2,4,6,8-11H2. The highest BCUT2D eigenvalue weighted by Crippen LogP contribution is 2.23. The van der Waals surface area contributed by atoms with Crippen LogP contribution in [0.25, 0.3) is 0 Å². The molecular weight excluding hydrogens is 274 g/mol. The Kier molecular flexibility index (Phi) is 6.96. The second-order valence-electron chi connectivity index (χ2n) is 5.49. The fourth-order valence-electron chi connectivity index (χ4n) is 2.73. The van der Waals surface area contributed by atoms with E-state index in [2.05, 4.69) is 5.32 Å². The fraction of sp³-hybridized carbons (Fsp3) is 0.733. The molecule has 0 aromatic carbocycles. The lowest BCUT2D eigenvalue weighted by atomic mass is 9.85. The van der Waals surface area contributed by atoms with E-state index in [-0.39, 0.29) is 6.61 Å². The van der Waals surface area contributed by atoms with Gasteiger partial charge in [0, 0.05) is 24.1 Å². The molecule has 1 aliphatic rings. The minimum absolute atomic E-state index is 0.239. The first-order chi connectivity index (χ1) is 9.79. The highest BCUT2D eigenvalue weighted by atomic mass is 32.1. The molecule has 3 atom stereocenters. The van der Waals surface area contributed by atoms with Crippen LogP contribution in [0.1, 0.15) is 30.6 Å². The van der Waals surface area contributed by atoms with Gasteiger partial charge in [-0.05, 0) is 30.2 Å². The highest BCUT2D eigenvalue weighted by molar-refractivity contribution is 7.09. The molecule has 4 nitrogen and oxygen atoms in total. The molecule has 5 heteroatoms. The van der Waals surface area contributed by atoms with Gasteiger partial charge in [0.1, 0.15) is 0 Å². The van der Waals surface area contributed by atoms with Crippen LogP contribution in [0.5, 0.6) is 0 Å². The zero-order chi connectivity index (χ0) is 14.2. The fourth-order valence-corrected chi connectivity index (χ4v) is 3.37. The number of aliphatic hydroxyl groups excluding tert-OH is 2. The van der Waals surface area contributed by atoms with Crippen molar-refractivity contribution in [1.29, 1.82) is 0 Å². The van der Waals surface area contributed by atoms with Crippen LogP contribution in [0, 0.1) is 5.92 Å². The molecule has 20 heavy (non-hydrogen) atoms. The number of thiophene rings is 1. The first-order valence-electron chi connectivity index (χ1n) is 7.42. The maximum absolute atomic E-state index is 9.92. The van der Waals surface area contributed by atoms with Crippen molar-refractivity contribution in [2.75, 3.05) is 19.8 Å². The first kappa shape index (κ1) is 15.9. The minimum Gasteiger partial charge on any atom is -0.396 e. The summed E-state index contributed by atoms with van der Waals surface area (Å²) in [7, 11) is 0. The molecule has 0 amide bonds. The molecule has 1 aromatic rings. The molecule has 3 unspecified atom stereocenters. The van der Waals surface area contributed by atoms with E-state index in [1.807, 2.05) is 17.5 Å². The van der Waals surface area contributed by atoms with E-state index in [4.69, 9.17) is 4.74 Å². The van der Waals surface area contributed by atoms with Gasteiger partial charge in [0.15, 0.2) is 0 Å². The summed E-state index contributed by atoms with van der Waals surface area (Å²) in [6, 6.07) is 4.36. The van der Waals surface area contributed by atoms with Crippen LogP contribution in [0.4, 0.5) is 0 Å². The molecule has 3 N–H and O–H groups in total. The summed E-state index contributed by atoms with van der Waals surface area (Å²) in [5, 5.41) is 24.7. The Morgan fingerprint density at radius 3 is 3.00 bits per heavy atom. The average molecular weight is 299 g/mol. The molecule has 0 spiro atoms. The molecule has 0 bridgehead atoms. The third-order valence-corrected chi connectivity index (χ3v) is 4.74. The van der Waals surface area contributed by atoms with E-state index in [0.717, 1.165) is 12.8 Å². The lowest BCUT2D eigenvalue weighted by Crippen LogP contribution is -2.44. The first-order valence-corrected chi connectivity index (χ1v) is 8.30. The van der Waals surface area contributed by atoms with Crippen LogP contribution >= 0.6 is 11.3 Å². The Morgan fingerprint density at radius 2 is 2.25 bits per heavy atom. The summed E-state index contributed by atoms with van der Waals surface area (Å²) in [5.41, 5.74) is 0. The number of nitrogens with one attached hydrogen (secondary N) is 1. The van der Waals surface area contributed by atoms with Gasteiger partial charge < -0.3 is 20.3 Å². The van der Waals surface area contributed by atoms with Crippen LogP contribution in [-0.2, 0) is 11.3 Å². The summed E-state index contributed by atoms with van der Waals surface area (Å²) in [6.07, 6.45) is 4.10. The molecule has 1 aliphatic carbocycles. The molecule has 0 radical (unpaired) electrons. The van der Waals surface area contributed by atoms with Gasteiger partial charge in [0.25, 0.3) is 0 Å². The van der Waals surface area contributed by atoms with E-state index >= 15 is 0 Å². The maximum Gasteiger partial charge on any atom is 0.0897 e. The maximum atomic E-state index is 9.92. The number of hydrogen-bond acceptors (Lipinski definition) is 5. The van der Waals surface area contributed by atoms with E-state index in [1.54, 1.807) is 11.3 Å². The van der Waals surface area contributed by atoms with Crippen LogP contribution in [-0.4, -0.2) is 42.1 Å². The molecular formula is C15H25NO3S. The Morgan fingerprint density at radius 1 is 1.40 bits per heavy atom. The molecule has 114 valence electrons. The third kappa shape index (κ3) is 5.14. The number of hydrogen-bond donors (Lipinski definition) is 3. The lowest BCUT2D eigenvalue weighted by molar-refractivity contribution is 0.0255. The summed E-state index contributed by atoms with van der Waals surface area (Å²) in [6.45, 7) is 1.69. The Labute approximate surface area is 124 Å². The predicted octanol–water partition coefficient (Wildman–Crippen LogP) is 1.77. The average Bonchev–Trinajstić information content (AvgIpc) is 2.98. The van der Waals surface area contributed by atoms with Gasteiger partial charge in [-0.2, -0.15) is 0 Å². The highest BCUT2D eigenvalue weighted by Gasteiger charge is 2.24. The van der Waals surface area contributed by atoms with Crippen molar-refractivity contribution < 1.29 is 14.9 Å². The van der Waals surface area contributed by atoms with Crippen LogP contribution in [0.2, 0.25) is 0 Å². The van der Waals surface area contributed by atoms with Gasteiger partial charge in [-0.15, -0.1) is 11.3 Å². The largest absolute Gasteiger partial charge is 0.396 e. The van der Waals surface area contributed by atoms with Gasteiger partial charge in [0.05, 0.1) is 19.3 Å². The predicted molar refractivity (Wildman–Crippen MR) is 80.8 cm³/mol. The quantitative estimate of drug-likeness (QED) is 0.684. The zero-order valence-electron chi connectivity index (χ0n) is 11.8. The number of rotatable bonds is 8. The Hall–Kier alpha value is -0.460. The van der Waals surface area contributed by atoms with Crippen LogP contribution in [0.15, 0.2) is 17.5 Å². The van der Waals surface area contributed by atoms with Gasteiger partial charge in [-0.3, -0.25) is 0 Å². The van der Waals surface area contributed by atoms with E-state index in [9.17, 15) is 10.2 Å². The Balaban J connectivity index is 1.60. The topological polar surface area (TPSA) is 61.7 Å². The molecule has 0 aliphatic heterocycles. The summed E-state index contributed by atoms with van der Waals surface area (Å²) < 4.78 is 5.50. The van der Waals surface area contributed by atoms with Crippen molar-refractivity contribution in [3.63, 3.8) is 0 Å². The van der Waals surface area contributed by atoms with Gasteiger partial charge in [-0.25, -0.2) is 0 Å². The van der Waals surface area contributed by atoms with Crippen molar-refractivity contribution in [2.24, 2.45) is 5.92 Å². The number of ether oxygens (including phenoxy) is 1. The van der Waals surface area contributed by atoms with Crippen LogP contribution < -0.4 is 5.32 Å². The van der Waals surface area contributed by atoms with E-state index in [1.165, 1.54) is 17.7 Å². The number of aliphatic hydroxyl groups is 2. The Bertz CT molecular complexity index is 358. The molecule has 1 aromatic heterocycles. The van der Waals surface area contributed by atoms with Crippen molar-refractivity contribution in [3.05, 3.63) is 22.4 Å². The van der Waals surface area contributed by atoms with Gasteiger partial charge in [-0.1, -0.05) is 18.9 Å². The van der Waals surface area contributed by atoms with Crippen LogP contribution in [0.3, 0.4) is 0 Å². The monoisotopic (exact) mass is 299 g/mol. The molecule has 2 rings (SSSR count). The van der Waals surface area contributed by atoms with Gasteiger partial charge >= 0.3 is 0 Å².